The van der Waals surface area contributed by atoms with Crippen LogP contribution >= 0.6 is 11.6 Å². The van der Waals surface area contributed by atoms with Crippen LogP contribution in [0.5, 0.6) is 0 Å². The highest BCUT2D eigenvalue weighted by atomic mass is 35.5. The zero-order valence-electron chi connectivity index (χ0n) is 16.1. The van der Waals surface area contributed by atoms with Gasteiger partial charge in [0.25, 0.3) is 5.91 Å². The second kappa shape index (κ2) is 8.10. The van der Waals surface area contributed by atoms with Gasteiger partial charge in [-0.15, -0.1) is 0 Å². The van der Waals surface area contributed by atoms with E-state index in [-0.39, 0.29) is 11.8 Å². The minimum atomic E-state index is -0.546. The van der Waals surface area contributed by atoms with E-state index in [2.05, 4.69) is 0 Å². The summed E-state index contributed by atoms with van der Waals surface area (Å²) >= 11 is 5.92. The molecule has 0 spiro atoms. The first-order chi connectivity index (χ1) is 14.1. The van der Waals surface area contributed by atoms with Gasteiger partial charge in [0.1, 0.15) is 6.04 Å². The summed E-state index contributed by atoms with van der Waals surface area (Å²) < 4.78 is 0. The van der Waals surface area contributed by atoms with Crippen LogP contribution in [0.2, 0.25) is 5.02 Å². The number of hydrogen-bond donors (Lipinski definition) is 0. The Balaban J connectivity index is 1.60. The Bertz CT molecular complexity index is 1030. The molecule has 146 valence electrons. The van der Waals surface area contributed by atoms with E-state index in [1.54, 1.807) is 41.0 Å². The second-order valence-corrected chi connectivity index (χ2v) is 7.49. The molecule has 1 aliphatic heterocycles. The molecule has 0 radical (unpaired) electrons. The lowest BCUT2D eigenvalue weighted by Crippen LogP contribution is -2.57. The fourth-order valence-corrected chi connectivity index (χ4v) is 3.84. The molecule has 1 unspecified atom stereocenters. The van der Waals surface area contributed by atoms with Crippen LogP contribution in [0.4, 0.5) is 5.69 Å². The maximum Gasteiger partial charge on any atom is 0.254 e. The third-order valence-electron chi connectivity index (χ3n) is 5.29. The van der Waals surface area contributed by atoms with Gasteiger partial charge in [0.2, 0.25) is 5.91 Å². The number of anilines is 1. The van der Waals surface area contributed by atoms with Gasteiger partial charge >= 0.3 is 0 Å². The summed E-state index contributed by atoms with van der Waals surface area (Å²) in [6.07, 6.45) is 0. The molecule has 0 aromatic heterocycles. The number of carbonyl (C=O) groups excluding carboxylic acids is 2. The molecule has 3 aromatic carbocycles. The Morgan fingerprint density at radius 3 is 2.28 bits per heavy atom. The normalized spacial score (nSPS) is 16.8. The molecule has 2 amide bonds. The third-order valence-corrected chi connectivity index (χ3v) is 5.54. The fourth-order valence-electron chi connectivity index (χ4n) is 3.72. The molecule has 1 saturated heterocycles. The van der Waals surface area contributed by atoms with Gasteiger partial charge in [-0.2, -0.15) is 0 Å². The highest BCUT2D eigenvalue weighted by Gasteiger charge is 2.36. The van der Waals surface area contributed by atoms with Crippen molar-refractivity contribution in [2.75, 3.05) is 18.0 Å². The number of halogens is 1. The summed E-state index contributed by atoms with van der Waals surface area (Å²) in [7, 11) is 0. The molecule has 1 heterocycles. The van der Waals surface area contributed by atoms with E-state index in [1.165, 1.54) is 0 Å². The first kappa shape index (κ1) is 19.2. The van der Waals surface area contributed by atoms with E-state index in [0.717, 1.165) is 16.8 Å². The number of rotatable bonds is 3. The molecule has 4 rings (SSSR count). The molecule has 29 heavy (non-hydrogen) atoms. The van der Waals surface area contributed by atoms with E-state index < -0.39 is 6.04 Å². The fraction of sp³-hybridized carbons (Fsp3) is 0.167. The quantitative estimate of drug-likeness (QED) is 0.624. The van der Waals surface area contributed by atoms with E-state index in [1.807, 2.05) is 54.6 Å². The van der Waals surface area contributed by atoms with Gasteiger partial charge in [-0.3, -0.25) is 9.59 Å². The van der Waals surface area contributed by atoms with Crippen molar-refractivity contribution in [3.05, 3.63) is 89.4 Å². The minimum absolute atomic E-state index is 0.0815. The zero-order chi connectivity index (χ0) is 20.4. The molecule has 0 saturated carbocycles. The number of benzene rings is 3. The number of hydrogen-bond acceptors (Lipinski definition) is 2. The Morgan fingerprint density at radius 2 is 1.55 bits per heavy atom. The van der Waals surface area contributed by atoms with Crippen LogP contribution < -0.4 is 4.90 Å². The number of amides is 2. The number of nitrogens with zero attached hydrogens (tertiary/aromatic N) is 2. The predicted octanol–water partition coefficient (Wildman–Crippen LogP) is 4.88. The van der Waals surface area contributed by atoms with Crippen LogP contribution in [-0.2, 0) is 4.79 Å². The first-order valence-corrected chi connectivity index (χ1v) is 9.96. The molecule has 1 aliphatic rings. The first-order valence-electron chi connectivity index (χ1n) is 9.58. The van der Waals surface area contributed by atoms with Gasteiger partial charge in [0.15, 0.2) is 0 Å². The zero-order valence-corrected chi connectivity index (χ0v) is 16.8. The predicted molar refractivity (Wildman–Crippen MR) is 116 cm³/mol. The molecule has 1 fully saturated rings. The Morgan fingerprint density at radius 1 is 0.897 bits per heavy atom. The van der Waals surface area contributed by atoms with Crippen molar-refractivity contribution in [3.8, 4) is 11.1 Å². The molecule has 0 bridgehead atoms. The lowest BCUT2D eigenvalue weighted by Gasteiger charge is -2.39. The van der Waals surface area contributed by atoms with Gasteiger partial charge in [-0.25, -0.2) is 0 Å². The summed E-state index contributed by atoms with van der Waals surface area (Å²) in [5.41, 5.74) is 3.47. The van der Waals surface area contributed by atoms with Crippen molar-refractivity contribution < 1.29 is 9.59 Å². The van der Waals surface area contributed by atoms with Crippen molar-refractivity contribution in [3.63, 3.8) is 0 Å². The highest BCUT2D eigenvalue weighted by Crippen LogP contribution is 2.32. The van der Waals surface area contributed by atoms with Crippen LogP contribution in [-0.4, -0.2) is 35.8 Å². The van der Waals surface area contributed by atoms with Crippen LogP contribution in [0.1, 0.15) is 17.3 Å². The van der Waals surface area contributed by atoms with E-state index in [9.17, 15) is 9.59 Å². The Labute approximate surface area is 175 Å². The number of carbonyl (C=O) groups is 2. The minimum Gasteiger partial charge on any atom is -0.325 e. The van der Waals surface area contributed by atoms with E-state index in [4.69, 9.17) is 11.6 Å². The van der Waals surface area contributed by atoms with Gasteiger partial charge in [-0.05, 0) is 42.8 Å². The van der Waals surface area contributed by atoms with Crippen molar-refractivity contribution >= 4 is 29.1 Å². The third kappa shape index (κ3) is 3.76. The van der Waals surface area contributed by atoms with Crippen LogP contribution in [0.25, 0.3) is 11.1 Å². The average Bonchev–Trinajstić information content (AvgIpc) is 2.76. The second-order valence-electron chi connectivity index (χ2n) is 7.05. The van der Waals surface area contributed by atoms with Crippen LogP contribution in [0.3, 0.4) is 0 Å². The SMILES string of the molecule is CC1C(=O)N(c2ccccc2-c2ccccc2)CCN1C(=O)c1ccc(Cl)cc1. The van der Waals surface area contributed by atoms with Gasteiger partial charge in [0, 0.05) is 29.2 Å². The summed E-state index contributed by atoms with van der Waals surface area (Å²) in [6, 6.07) is 24.1. The molecule has 0 aliphatic carbocycles. The standard InChI is InChI=1S/C24H21ClN2O2/c1-17-23(28)27(16-15-26(17)24(29)19-11-13-20(25)14-12-19)22-10-6-5-9-21(22)18-7-3-2-4-8-18/h2-14,17H,15-16H2,1H3. The summed E-state index contributed by atoms with van der Waals surface area (Å²) in [4.78, 5) is 29.6. The number of para-hydroxylation sites is 1. The monoisotopic (exact) mass is 404 g/mol. The average molecular weight is 405 g/mol. The summed E-state index contributed by atoms with van der Waals surface area (Å²) in [5.74, 6) is -0.236. The van der Waals surface area contributed by atoms with Crippen molar-refractivity contribution in [2.24, 2.45) is 0 Å². The smallest absolute Gasteiger partial charge is 0.254 e. The molecule has 1 atom stereocenters. The Kier molecular flexibility index (Phi) is 5.36. The topological polar surface area (TPSA) is 40.6 Å². The largest absolute Gasteiger partial charge is 0.325 e. The molecular weight excluding hydrogens is 384 g/mol. The van der Waals surface area contributed by atoms with E-state index >= 15 is 0 Å². The van der Waals surface area contributed by atoms with Crippen LogP contribution in [0, 0.1) is 0 Å². The maximum absolute atomic E-state index is 13.2. The van der Waals surface area contributed by atoms with Crippen molar-refractivity contribution in [1.29, 1.82) is 0 Å². The highest BCUT2D eigenvalue weighted by molar-refractivity contribution is 6.30. The van der Waals surface area contributed by atoms with Crippen LogP contribution in [0.15, 0.2) is 78.9 Å². The lowest BCUT2D eigenvalue weighted by molar-refractivity contribution is -0.124. The van der Waals surface area contributed by atoms with E-state index in [0.29, 0.717) is 23.7 Å². The van der Waals surface area contributed by atoms with Crippen molar-refractivity contribution in [2.45, 2.75) is 13.0 Å². The molecular formula is C24H21ClN2O2. The Hall–Kier alpha value is -3.11. The van der Waals surface area contributed by atoms with Gasteiger partial charge in [-0.1, -0.05) is 60.1 Å². The lowest BCUT2D eigenvalue weighted by atomic mass is 10.0. The molecule has 0 N–H and O–H groups in total. The molecule has 5 heteroatoms. The maximum atomic E-state index is 13.2. The van der Waals surface area contributed by atoms with Crippen molar-refractivity contribution in [1.82, 2.24) is 4.90 Å². The molecule has 3 aromatic rings. The molecule has 4 nitrogen and oxygen atoms in total. The number of piperazine rings is 1. The summed E-state index contributed by atoms with van der Waals surface area (Å²) in [5, 5.41) is 0.577. The summed E-state index contributed by atoms with van der Waals surface area (Å²) in [6.45, 7) is 2.71. The van der Waals surface area contributed by atoms with Gasteiger partial charge in [0.05, 0.1) is 5.69 Å². The van der Waals surface area contributed by atoms with Gasteiger partial charge < -0.3 is 9.80 Å².